The molecule has 6 heteroatoms. The molecule has 2 heterocycles. The van der Waals surface area contributed by atoms with Crippen molar-refractivity contribution in [3.63, 3.8) is 0 Å². The minimum atomic E-state index is -0.415. The lowest BCUT2D eigenvalue weighted by Crippen LogP contribution is -2.19. The fourth-order valence-electron chi connectivity index (χ4n) is 3.34. The molecule has 0 bridgehead atoms. The molecule has 4 rings (SSSR count). The highest BCUT2D eigenvalue weighted by atomic mass is 16.5. The van der Waals surface area contributed by atoms with Gasteiger partial charge in [0.25, 0.3) is 5.91 Å². The zero-order valence-electron chi connectivity index (χ0n) is 15.6. The second-order valence-electron chi connectivity index (χ2n) is 6.86. The smallest absolute Gasteiger partial charge is 0.336 e. The average Bonchev–Trinajstić information content (AvgIpc) is 3.20. The van der Waals surface area contributed by atoms with Gasteiger partial charge in [-0.15, -0.1) is 0 Å². The summed E-state index contributed by atoms with van der Waals surface area (Å²) in [5, 5.41) is 3.68. The molecule has 0 saturated carbocycles. The van der Waals surface area contributed by atoms with Crippen molar-refractivity contribution >= 4 is 22.6 Å². The molecule has 28 heavy (non-hydrogen) atoms. The number of nitrogens with one attached hydrogen (secondary N) is 1. The Morgan fingerprint density at radius 3 is 2.89 bits per heavy atom. The summed E-state index contributed by atoms with van der Waals surface area (Å²) in [6, 6.07) is 13.8. The first kappa shape index (κ1) is 18.3. The van der Waals surface area contributed by atoms with Gasteiger partial charge in [-0.2, -0.15) is 0 Å². The van der Waals surface area contributed by atoms with Crippen LogP contribution in [-0.2, 0) is 4.74 Å². The Balaban J connectivity index is 1.53. The van der Waals surface area contributed by atoms with Crippen LogP contribution < -0.4 is 15.7 Å². The lowest BCUT2D eigenvalue weighted by molar-refractivity contribution is 0.0673. The summed E-state index contributed by atoms with van der Waals surface area (Å²) in [6.45, 7) is 3.03. The number of anilines is 1. The van der Waals surface area contributed by atoms with Crippen molar-refractivity contribution in [3.05, 3.63) is 70.1 Å². The van der Waals surface area contributed by atoms with Crippen LogP contribution >= 0.6 is 0 Å². The molecule has 1 fully saturated rings. The van der Waals surface area contributed by atoms with E-state index in [2.05, 4.69) is 5.32 Å². The predicted molar refractivity (Wildman–Crippen MR) is 106 cm³/mol. The number of ether oxygens (including phenoxy) is 2. The Labute approximate surface area is 162 Å². The number of carbonyl (C=O) groups is 1. The van der Waals surface area contributed by atoms with Crippen LogP contribution in [0.5, 0.6) is 5.75 Å². The van der Waals surface area contributed by atoms with E-state index in [1.165, 1.54) is 6.07 Å². The second kappa shape index (κ2) is 7.86. The maximum absolute atomic E-state index is 12.8. The van der Waals surface area contributed by atoms with Gasteiger partial charge in [0.05, 0.1) is 11.7 Å². The topological polar surface area (TPSA) is 77.8 Å². The molecule has 0 unspecified atom stereocenters. The molecule has 2 aromatic carbocycles. The lowest BCUT2D eigenvalue weighted by atomic mass is 10.1. The van der Waals surface area contributed by atoms with Gasteiger partial charge < -0.3 is 19.2 Å². The number of carbonyl (C=O) groups excluding carboxylic acids is 1. The molecule has 1 aliphatic rings. The first-order valence-corrected chi connectivity index (χ1v) is 9.29. The number of aryl methyl sites for hydroxylation is 1. The van der Waals surface area contributed by atoms with E-state index in [0.29, 0.717) is 29.2 Å². The SMILES string of the molecule is Cc1cc(=O)oc2cc(NC(=O)c3ccccc3OC[C@@H]3CCCO3)ccc12. The standard InChI is InChI=1S/C22H21NO5/c1-14-11-21(24)28-20-12-15(8-9-17(14)20)23-22(25)18-6-2-3-7-19(18)27-13-16-5-4-10-26-16/h2-3,6-9,11-12,16H,4-5,10,13H2,1H3,(H,23,25)/t16-/m0/s1. The fraction of sp³-hybridized carbons (Fsp3) is 0.273. The number of hydrogen-bond donors (Lipinski definition) is 1. The summed E-state index contributed by atoms with van der Waals surface area (Å²) >= 11 is 0. The van der Waals surface area contributed by atoms with E-state index in [-0.39, 0.29) is 12.0 Å². The van der Waals surface area contributed by atoms with Crippen molar-refractivity contribution in [1.29, 1.82) is 0 Å². The number of hydrogen-bond acceptors (Lipinski definition) is 5. The maximum Gasteiger partial charge on any atom is 0.336 e. The van der Waals surface area contributed by atoms with E-state index in [9.17, 15) is 9.59 Å². The molecule has 3 aromatic rings. The third kappa shape index (κ3) is 3.92. The largest absolute Gasteiger partial charge is 0.490 e. The third-order valence-corrected chi connectivity index (χ3v) is 4.79. The van der Waals surface area contributed by atoms with Crippen molar-refractivity contribution in [2.75, 3.05) is 18.5 Å². The van der Waals surface area contributed by atoms with E-state index in [4.69, 9.17) is 13.9 Å². The zero-order chi connectivity index (χ0) is 19.5. The number of para-hydroxylation sites is 1. The van der Waals surface area contributed by atoms with Crippen LogP contribution in [0.1, 0.15) is 28.8 Å². The highest BCUT2D eigenvalue weighted by Crippen LogP contribution is 2.24. The lowest BCUT2D eigenvalue weighted by Gasteiger charge is -2.14. The Kier molecular flexibility index (Phi) is 5.12. The van der Waals surface area contributed by atoms with E-state index < -0.39 is 5.63 Å². The Morgan fingerprint density at radius 2 is 2.07 bits per heavy atom. The molecule has 144 valence electrons. The summed E-state index contributed by atoms with van der Waals surface area (Å²) in [4.78, 5) is 24.4. The zero-order valence-corrected chi connectivity index (χ0v) is 15.6. The molecular weight excluding hydrogens is 358 g/mol. The molecule has 1 N–H and O–H groups in total. The molecule has 0 aliphatic carbocycles. The third-order valence-electron chi connectivity index (χ3n) is 4.79. The van der Waals surface area contributed by atoms with Crippen LogP contribution in [0.25, 0.3) is 11.0 Å². The molecule has 1 saturated heterocycles. The highest BCUT2D eigenvalue weighted by Gasteiger charge is 2.18. The van der Waals surface area contributed by atoms with Gasteiger partial charge in [0, 0.05) is 29.8 Å². The van der Waals surface area contributed by atoms with Crippen molar-refractivity contribution in [1.82, 2.24) is 0 Å². The summed E-state index contributed by atoms with van der Waals surface area (Å²) in [5.74, 6) is 0.218. The van der Waals surface area contributed by atoms with Gasteiger partial charge in [-0.25, -0.2) is 4.79 Å². The van der Waals surface area contributed by atoms with Crippen LogP contribution in [0.2, 0.25) is 0 Å². The van der Waals surface area contributed by atoms with Crippen LogP contribution in [0.3, 0.4) is 0 Å². The molecule has 1 atom stereocenters. The van der Waals surface area contributed by atoms with E-state index in [1.54, 1.807) is 30.3 Å². The number of amides is 1. The highest BCUT2D eigenvalue weighted by molar-refractivity contribution is 6.06. The van der Waals surface area contributed by atoms with E-state index >= 15 is 0 Å². The summed E-state index contributed by atoms with van der Waals surface area (Å²) < 4.78 is 16.6. The quantitative estimate of drug-likeness (QED) is 0.680. The van der Waals surface area contributed by atoms with Crippen molar-refractivity contribution < 1.29 is 18.7 Å². The Bertz CT molecular complexity index is 1070. The molecule has 1 aromatic heterocycles. The summed E-state index contributed by atoms with van der Waals surface area (Å²) in [7, 11) is 0. The van der Waals surface area contributed by atoms with Crippen LogP contribution in [0.4, 0.5) is 5.69 Å². The van der Waals surface area contributed by atoms with Gasteiger partial charge in [-0.1, -0.05) is 12.1 Å². The maximum atomic E-state index is 12.8. The van der Waals surface area contributed by atoms with Crippen molar-refractivity contribution in [2.24, 2.45) is 0 Å². The number of fused-ring (bicyclic) bond motifs is 1. The summed E-state index contributed by atoms with van der Waals surface area (Å²) in [6.07, 6.45) is 2.08. The monoisotopic (exact) mass is 379 g/mol. The normalized spacial score (nSPS) is 16.2. The van der Waals surface area contributed by atoms with Crippen molar-refractivity contribution in [2.45, 2.75) is 25.9 Å². The van der Waals surface area contributed by atoms with Gasteiger partial charge in [0.1, 0.15) is 17.9 Å². The molecule has 0 radical (unpaired) electrons. The molecule has 1 aliphatic heterocycles. The van der Waals surface area contributed by atoms with Gasteiger partial charge in [-0.3, -0.25) is 4.79 Å². The average molecular weight is 379 g/mol. The van der Waals surface area contributed by atoms with E-state index in [0.717, 1.165) is 30.4 Å². The van der Waals surface area contributed by atoms with Gasteiger partial charge >= 0.3 is 5.63 Å². The number of rotatable bonds is 5. The molecule has 1 amide bonds. The van der Waals surface area contributed by atoms with E-state index in [1.807, 2.05) is 19.1 Å². The first-order valence-electron chi connectivity index (χ1n) is 9.29. The minimum Gasteiger partial charge on any atom is -0.490 e. The van der Waals surface area contributed by atoms with Gasteiger partial charge in [0.15, 0.2) is 0 Å². The molecular formula is C22H21NO5. The van der Waals surface area contributed by atoms with Crippen molar-refractivity contribution in [3.8, 4) is 5.75 Å². The fourth-order valence-corrected chi connectivity index (χ4v) is 3.34. The van der Waals surface area contributed by atoms with Crippen LogP contribution in [-0.4, -0.2) is 25.2 Å². The number of benzene rings is 2. The van der Waals surface area contributed by atoms with Crippen LogP contribution in [0.15, 0.2) is 57.7 Å². The predicted octanol–water partition coefficient (Wildman–Crippen LogP) is 3.91. The first-order chi connectivity index (χ1) is 13.6. The molecule has 6 nitrogen and oxygen atoms in total. The Hall–Kier alpha value is -3.12. The molecule has 0 spiro atoms. The van der Waals surface area contributed by atoms with Gasteiger partial charge in [0.2, 0.25) is 0 Å². The van der Waals surface area contributed by atoms with Crippen LogP contribution in [0, 0.1) is 6.92 Å². The minimum absolute atomic E-state index is 0.0720. The van der Waals surface area contributed by atoms with Gasteiger partial charge in [-0.05, 0) is 49.6 Å². The summed E-state index contributed by atoms with van der Waals surface area (Å²) in [5.41, 5.74) is 1.83. The Morgan fingerprint density at radius 1 is 1.21 bits per heavy atom. The second-order valence-corrected chi connectivity index (χ2v) is 6.86.